The van der Waals surface area contributed by atoms with Gasteiger partial charge in [0.1, 0.15) is 5.75 Å². The van der Waals surface area contributed by atoms with E-state index in [0.29, 0.717) is 0 Å². The van der Waals surface area contributed by atoms with Crippen LogP contribution in [0.3, 0.4) is 0 Å². The number of unbranched alkanes of at least 4 members (excludes halogenated alkanes) is 15. The Morgan fingerprint density at radius 2 is 1.09 bits per heavy atom. The molecule has 176 valence electrons. The van der Waals surface area contributed by atoms with Crippen LogP contribution in [0, 0.1) is 0 Å². The summed E-state index contributed by atoms with van der Waals surface area (Å²) in [4.78, 5) is 0. The molecular formula is C31H46O. The quantitative estimate of drug-likeness (QED) is 0.181. The van der Waals surface area contributed by atoms with Gasteiger partial charge >= 0.3 is 0 Å². The van der Waals surface area contributed by atoms with E-state index in [1.54, 1.807) is 0 Å². The fourth-order valence-electron chi connectivity index (χ4n) is 5.10. The monoisotopic (exact) mass is 434 g/mol. The molecule has 2 aromatic carbocycles. The molecule has 1 heteroatoms. The molecule has 0 spiro atoms. The molecule has 0 aliphatic heterocycles. The van der Waals surface area contributed by atoms with Crippen molar-refractivity contribution in [1.82, 2.24) is 0 Å². The third kappa shape index (κ3) is 8.30. The molecule has 3 rings (SSSR count). The topological polar surface area (TPSA) is 9.23 Å². The number of ether oxygens (including phenoxy) is 1. The van der Waals surface area contributed by atoms with Gasteiger partial charge in [0.2, 0.25) is 0 Å². The summed E-state index contributed by atoms with van der Waals surface area (Å²) in [5.74, 6) is 1.10. The SMILES string of the molecule is CCCCCCCCCCCCCCCCCCOc1cccc2c1Cc1ccccc1-2. The molecular weight excluding hydrogens is 388 g/mol. The summed E-state index contributed by atoms with van der Waals surface area (Å²) >= 11 is 0. The molecule has 0 saturated carbocycles. The first-order chi connectivity index (χ1) is 15.9. The minimum absolute atomic E-state index is 0.852. The highest BCUT2D eigenvalue weighted by Crippen LogP contribution is 2.40. The summed E-state index contributed by atoms with van der Waals surface area (Å²) in [6, 6.07) is 15.3. The van der Waals surface area contributed by atoms with E-state index in [4.69, 9.17) is 4.74 Å². The van der Waals surface area contributed by atoms with Crippen LogP contribution in [0.4, 0.5) is 0 Å². The van der Waals surface area contributed by atoms with Gasteiger partial charge in [0.15, 0.2) is 0 Å². The van der Waals surface area contributed by atoms with Crippen molar-refractivity contribution < 1.29 is 4.74 Å². The van der Waals surface area contributed by atoms with Crippen LogP contribution in [0.15, 0.2) is 42.5 Å². The summed E-state index contributed by atoms with van der Waals surface area (Å²) in [7, 11) is 0. The molecule has 1 nitrogen and oxygen atoms in total. The Balaban J connectivity index is 1.14. The smallest absolute Gasteiger partial charge is 0.123 e. The Hall–Kier alpha value is -1.76. The number of benzene rings is 2. The van der Waals surface area contributed by atoms with Gasteiger partial charge < -0.3 is 4.74 Å². The highest BCUT2D eigenvalue weighted by atomic mass is 16.5. The van der Waals surface area contributed by atoms with Gasteiger partial charge in [0.05, 0.1) is 6.61 Å². The van der Waals surface area contributed by atoms with E-state index in [2.05, 4.69) is 49.4 Å². The van der Waals surface area contributed by atoms with Crippen LogP contribution < -0.4 is 4.74 Å². The molecule has 0 amide bonds. The molecule has 0 aromatic heterocycles. The molecule has 2 aromatic rings. The molecule has 1 aliphatic carbocycles. The van der Waals surface area contributed by atoms with Crippen molar-refractivity contribution >= 4 is 0 Å². The Morgan fingerprint density at radius 3 is 1.72 bits per heavy atom. The van der Waals surface area contributed by atoms with Crippen molar-refractivity contribution in [2.24, 2.45) is 0 Å². The maximum Gasteiger partial charge on any atom is 0.123 e. The normalized spacial score (nSPS) is 12.0. The van der Waals surface area contributed by atoms with Crippen molar-refractivity contribution in [3.63, 3.8) is 0 Å². The molecule has 1 aliphatic rings. The second kappa shape index (κ2) is 15.1. The van der Waals surface area contributed by atoms with Gasteiger partial charge in [-0.25, -0.2) is 0 Å². The first-order valence-electron chi connectivity index (χ1n) is 13.7. The average Bonchev–Trinajstić information content (AvgIpc) is 3.20. The predicted molar refractivity (Wildman–Crippen MR) is 140 cm³/mol. The largest absolute Gasteiger partial charge is 0.493 e. The summed E-state index contributed by atoms with van der Waals surface area (Å²) < 4.78 is 6.20. The van der Waals surface area contributed by atoms with Gasteiger partial charge in [0.25, 0.3) is 0 Å². The molecule has 0 bridgehead atoms. The highest BCUT2D eigenvalue weighted by molar-refractivity contribution is 5.78. The van der Waals surface area contributed by atoms with Crippen molar-refractivity contribution in [2.45, 2.75) is 116 Å². The number of hydrogen-bond acceptors (Lipinski definition) is 1. The lowest BCUT2D eigenvalue weighted by Gasteiger charge is -2.11. The van der Waals surface area contributed by atoms with Crippen molar-refractivity contribution in [3.8, 4) is 16.9 Å². The fourth-order valence-corrected chi connectivity index (χ4v) is 5.10. The average molecular weight is 435 g/mol. The maximum absolute atomic E-state index is 6.20. The van der Waals surface area contributed by atoms with E-state index in [0.717, 1.165) is 18.8 Å². The molecule has 0 unspecified atom stereocenters. The summed E-state index contributed by atoms with van der Waals surface area (Å²) in [5.41, 5.74) is 5.56. The van der Waals surface area contributed by atoms with Gasteiger partial charge in [-0.1, -0.05) is 140 Å². The number of rotatable bonds is 18. The Labute approximate surface area is 198 Å². The zero-order chi connectivity index (χ0) is 22.3. The lowest BCUT2D eigenvalue weighted by atomic mass is 10.0. The standard InChI is InChI=1S/C31H46O/c1-2-3-4-5-6-7-8-9-10-11-12-13-14-15-16-19-25-32-31-24-20-23-29-28-22-18-17-21-27(28)26-30(29)31/h17-18,20-24H,2-16,19,25-26H2,1H3. The lowest BCUT2D eigenvalue weighted by Crippen LogP contribution is -2.00. The summed E-state index contributed by atoms with van der Waals surface area (Å²) in [6.07, 6.45) is 23.5. The molecule has 0 radical (unpaired) electrons. The van der Waals surface area contributed by atoms with Crippen LogP contribution in [0.5, 0.6) is 5.75 Å². The second-order valence-electron chi connectivity index (χ2n) is 9.77. The van der Waals surface area contributed by atoms with E-state index in [1.807, 2.05) is 0 Å². The van der Waals surface area contributed by atoms with Gasteiger partial charge in [-0.05, 0) is 29.2 Å². The highest BCUT2D eigenvalue weighted by Gasteiger charge is 2.20. The van der Waals surface area contributed by atoms with Crippen LogP contribution in [-0.4, -0.2) is 6.61 Å². The number of hydrogen-bond donors (Lipinski definition) is 0. The lowest BCUT2D eigenvalue weighted by molar-refractivity contribution is 0.302. The van der Waals surface area contributed by atoms with Gasteiger partial charge in [0, 0.05) is 12.0 Å². The summed E-state index contributed by atoms with van der Waals surface area (Å²) in [6.45, 7) is 3.15. The third-order valence-electron chi connectivity index (χ3n) is 7.06. The van der Waals surface area contributed by atoms with E-state index >= 15 is 0 Å². The minimum atomic E-state index is 0.852. The molecule has 0 fully saturated rings. The van der Waals surface area contributed by atoms with E-state index < -0.39 is 0 Å². The zero-order valence-electron chi connectivity index (χ0n) is 20.7. The van der Waals surface area contributed by atoms with Crippen LogP contribution in [0.25, 0.3) is 11.1 Å². The van der Waals surface area contributed by atoms with Gasteiger partial charge in [-0.3, -0.25) is 0 Å². The molecule has 0 saturated heterocycles. The Morgan fingerprint density at radius 1 is 0.562 bits per heavy atom. The van der Waals surface area contributed by atoms with E-state index in [-0.39, 0.29) is 0 Å². The second-order valence-corrected chi connectivity index (χ2v) is 9.77. The molecule has 32 heavy (non-hydrogen) atoms. The molecule has 0 N–H and O–H groups in total. The maximum atomic E-state index is 6.20. The van der Waals surface area contributed by atoms with Crippen LogP contribution in [0.2, 0.25) is 0 Å². The van der Waals surface area contributed by atoms with Crippen molar-refractivity contribution in [3.05, 3.63) is 53.6 Å². The summed E-state index contributed by atoms with van der Waals surface area (Å²) in [5, 5.41) is 0. The Bertz CT molecular complexity index is 763. The van der Waals surface area contributed by atoms with Crippen LogP contribution in [-0.2, 0) is 6.42 Å². The minimum Gasteiger partial charge on any atom is -0.493 e. The van der Waals surface area contributed by atoms with Crippen LogP contribution in [0.1, 0.15) is 121 Å². The van der Waals surface area contributed by atoms with Gasteiger partial charge in [-0.15, -0.1) is 0 Å². The van der Waals surface area contributed by atoms with Crippen molar-refractivity contribution in [2.75, 3.05) is 6.61 Å². The fraction of sp³-hybridized carbons (Fsp3) is 0.613. The van der Waals surface area contributed by atoms with E-state index in [1.165, 1.54) is 125 Å². The predicted octanol–water partition coefficient (Wildman–Crippen LogP) is 9.90. The first-order valence-corrected chi connectivity index (χ1v) is 13.7. The number of fused-ring (bicyclic) bond motifs is 3. The van der Waals surface area contributed by atoms with Gasteiger partial charge in [-0.2, -0.15) is 0 Å². The van der Waals surface area contributed by atoms with Crippen molar-refractivity contribution in [1.29, 1.82) is 0 Å². The zero-order valence-corrected chi connectivity index (χ0v) is 20.7. The third-order valence-corrected chi connectivity index (χ3v) is 7.06. The van der Waals surface area contributed by atoms with E-state index in [9.17, 15) is 0 Å². The Kier molecular flexibility index (Phi) is 11.8. The molecule has 0 heterocycles. The molecule has 0 atom stereocenters. The first kappa shape index (κ1) is 24.9. The van der Waals surface area contributed by atoms with Crippen LogP contribution >= 0.6 is 0 Å².